The number of aromatic nitrogens is 3. The summed E-state index contributed by atoms with van der Waals surface area (Å²) in [6.07, 6.45) is 2.95. The van der Waals surface area contributed by atoms with Gasteiger partial charge in [-0.15, -0.1) is 11.3 Å². The van der Waals surface area contributed by atoms with E-state index in [1.165, 1.54) is 17.7 Å². The molecule has 0 saturated carbocycles. The maximum Gasteiger partial charge on any atom is 0.285 e. The molecular weight excluding hydrogens is 248 g/mol. The third-order valence-corrected chi connectivity index (χ3v) is 3.35. The Bertz CT molecular complexity index is 662. The molecule has 2 heterocycles. The van der Waals surface area contributed by atoms with Crippen LogP contribution in [-0.2, 0) is 0 Å². The molecule has 6 heteroatoms. The molecule has 1 N–H and O–H groups in total. The van der Waals surface area contributed by atoms with E-state index in [2.05, 4.69) is 20.3 Å². The monoisotopic (exact) mass is 256 g/mol. The quantitative estimate of drug-likeness (QED) is 0.764. The van der Waals surface area contributed by atoms with Crippen molar-refractivity contribution in [3.05, 3.63) is 47.9 Å². The molecule has 2 aromatic heterocycles. The van der Waals surface area contributed by atoms with Gasteiger partial charge >= 0.3 is 0 Å². The Morgan fingerprint density at radius 3 is 2.89 bits per heavy atom. The Kier molecular flexibility index (Phi) is 2.70. The smallest absolute Gasteiger partial charge is 0.285 e. The summed E-state index contributed by atoms with van der Waals surface area (Å²) in [6.45, 7) is 0. The molecule has 1 amide bonds. The molecule has 0 fully saturated rings. The Morgan fingerprint density at radius 1 is 1.22 bits per heavy atom. The van der Waals surface area contributed by atoms with Gasteiger partial charge < -0.3 is 5.32 Å². The van der Waals surface area contributed by atoms with Crippen molar-refractivity contribution in [1.29, 1.82) is 0 Å². The van der Waals surface area contributed by atoms with Gasteiger partial charge in [-0.3, -0.25) is 4.79 Å². The zero-order valence-corrected chi connectivity index (χ0v) is 10.0. The normalized spacial score (nSPS) is 10.4. The number of benzene rings is 1. The lowest BCUT2D eigenvalue weighted by molar-refractivity contribution is 0.102. The minimum Gasteiger partial charge on any atom is -0.304 e. The summed E-state index contributed by atoms with van der Waals surface area (Å²) in [4.78, 5) is 23.9. The van der Waals surface area contributed by atoms with Crippen molar-refractivity contribution < 1.29 is 4.79 Å². The van der Waals surface area contributed by atoms with Gasteiger partial charge in [0.05, 0.1) is 10.2 Å². The number of thiazole rings is 1. The van der Waals surface area contributed by atoms with Crippen LogP contribution in [0.25, 0.3) is 10.2 Å². The van der Waals surface area contributed by atoms with Crippen LogP contribution in [0.4, 0.5) is 5.82 Å². The largest absolute Gasteiger partial charge is 0.304 e. The molecule has 0 saturated heterocycles. The molecule has 1 aromatic carbocycles. The van der Waals surface area contributed by atoms with Crippen molar-refractivity contribution in [2.45, 2.75) is 0 Å². The predicted molar refractivity (Wildman–Crippen MR) is 69.6 cm³/mol. The van der Waals surface area contributed by atoms with Crippen molar-refractivity contribution >= 4 is 33.3 Å². The number of amides is 1. The molecule has 5 nitrogen and oxygen atoms in total. The molecule has 0 aliphatic carbocycles. The van der Waals surface area contributed by atoms with E-state index in [-0.39, 0.29) is 5.91 Å². The highest BCUT2D eigenvalue weighted by Crippen LogP contribution is 2.21. The molecule has 0 aliphatic rings. The van der Waals surface area contributed by atoms with E-state index in [1.54, 1.807) is 12.3 Å². The van der Waals surface area contributed by atoms with Gasteiger partial charge in [-0.1, -0.05) is 12.1 Å². The molecule has 0 radical (unpaired) electrons. The molecule has 0 bridgehead atoms. The number of rotatable bonds is 2. The first-order valence-corrected chi connectivity index (χ1v) is 6.07. The maximum atomic E-state index is 12.0. The first-order chi connectivity index (χ1) is 8.83. The van der Waals surface area contributed by atoms with Crippen molar-refractivity contribution in [2.24, 2.45) is 0 Å². The minimum absolute atomic E-state index is 0.255. The number of carbonyl (C=O) groups is 1. The average molecular weight is 256 g/mol. The van der Waals surface area contributed by atoms with Gasteiger partial charge in [-0.2, -0.15) is 0 Å². The van der Waals surface area contributed by atoms with Crippen LogP contribution in [0, 0.1) is 0 Å². The van der Waals surface area contributed by atoms with E-state index in [0.717, 1.165) is 10.2 Å². The Balaban J connectivity index is 1.88. The van der Waals surface area contributed by atoms with Crippen molar-refractivity contribution in [2.75, 3.05) is 5.32 Å². The minimum atomic E-state index is -0.255. The lowest BCUT2D eigenvalue weighted by Gasteiger charge is -1.99. The molecule has 0 unspecified atom stereocenters. The zero-order valence-electron chi connectivity index (χ0n) is 9.20. The molecule has 88 valence electrons. The summed E-state index contributed by atoms with van der Waals surface area (Å²) in [5.74, 6) is 0.212. The zero-order chi connectivity index (χ0) is 12.4. The second-order valence-corrected chi connectivity index (χ2v) is 4.57. The fourth-order valence-corrected chi connectivity index (χ4v) is 2.36. The van der Waals surface area contributed by atoms with Gasteiger partial charge in [0.25, 0.3) is 5.91 Å². The summed E-state index contributed by atoms with van der Waals surface area (Å²) < 4.78 is 0.991. The standard InChI is InChI=1S/C12H8N4OS/c17-11(16-10-5-6-13-7-14-10)12-15-8-3-1-2-4-9(8)18-12/h1-7H,(H,13,14,16,17). The summed E-state index contributed by atoms with van der Waals surface area (Å²) >= 11 is 1.36. The molecule has 3 aromatic rings. The van der Waals surface area contributed by atoms with Gasteiger partial charge in [0.15, 0.2) is 5.01 Å². The number of para-hydroxylation sites is 1. The van der Waals surface area contributed by atoms with Crippen LogP contribution in [0.1, 0.15) is 9.80 Å². The second kappa shape index (κ2) is 4.50. The number of anilines is 1. The van der Waals surface area contributed by atoms with Crippen LogP contribution in [0.15, 0.2) is 42.9 Å². The van der Waals surface area contributed by atoms with Crippen LogP contribution in [0.3, 0.4) is 0 Å². The maximum absolute atomic E-state index is 12.0. The molecule has 18 heavy (non-hydrogen) atoms. The van der Waals surface area contributed by atoms with Gasteiger partial charge in [0.1, 0.15) is 12.1 Å². The fraction of sp³-hybridized carbons (Fsp3) is 0. The van der Waals surface area contributed by atoms with E-state index >= 15 is 0 Å². The van der Waals surface area contributed by atoms with Gasteiger partial charge in [0, 0.05) is 6.20 Å². The molecule has 0 aliphatic heterocycles. The Hall–Kier alpha value is -2.34. The number of hydrogen-bond acceptors (Lipinski definition) is 5. The van der Waals surface area contributed by atoms with E-state index in [0.29, 0.717) is 10.8 Å². The summed E-state index contributed by atoms with van der Waals surface area (Å²) in [5, 5.41) is 3.10. The van der Waals surface area contributed by atoms with Gasteiger partial charge in [0.2, 0.25) is 0 Å². The SMILES string of the molecule is O=C(Nc1ccncn1)c1nc2ccccc2s1. The number of nitrogens with zero attached hydrogens (tertiary/aromatic N) is 3. The van der Waals surface area contributed by atoms with Crippen molar-refractivity contribution in [3.8, 4) is 0 Å². The van der Waals surface area contributed by atoms with Crippen LogP contribution >= 0.6 is 11.3 Å². The second-order valence-electron chi connectivity index (χ2n) is 3.54. The van der Waals surface area contributed by atoms with E-state index < -0.39 is 0 Å². The molecular formula is C12H8N4OS. The number of fused-ring (bicyclic) bond motifs is 1. The van der Waals surface area contributed by atoms with Gasteiger partial charge in [-0.05, 0) is 18.2 Å². The molecule has 3 rings (SSSR count). The number of carbonyl (C=O) groups excluding carboxylic acids is 1. The van der Waals surface area contributed by atoms with Crippen LogP contribution in [-0.4, -0.2) is 20.9 Å². The molecule has 0 spiro atoms. The Morgan fingerprint density at radius 2 is 2.11 bits per heavy atom. The predicted octanol–water partition coefficient (Wildman–Crippen LogP) is 2.34. The van der Waals surface area contributed by atoms with Crippen LogP contribution in [0.5, 0.6) is 0 Å². The summed E-state index contributed by atoms with van der Waals surface area (Å²) in [5.41, 5.74) is 0.829. The third-order valence-electron chi connectivity index (χ3n) is 2.31. The first kappa shape index (κ1) is 10.8. The number of nitrogens with one attached hydrogen (secondary N) is 1. The number of hydrogen-bond donors (Lipinski definition) is 1. The fourth-order valence-electron chi connectivity index (χ4n) is 1.50. The lowest BCUT2D eigenvalue weighted by atomic mass is 10.3. The van der Waals surface area contributed by atoms with Crippen LogP contribution < -0.4 is 5.32 Å². The summed E-state index contributed by atoms with van der Waals surface area (Å²) in [7, 11) is 0. The molecule has 0 atom stereocenters. The third kappa shape index (κ3) is 2.05. The first-order valence-electron chi connectivity index (χ1n) is 5.26. The lowest BCUT2D eigenvalue weighted by Crippen LogP contribution is -2.12. The average Bonchev–Trinajstić information content (AvgIpc) is 2.84. The Labute approximate surface area is 107 Å². The van der Waals surface area contributed by atoms with E-state index in [9.17, 15) is 4.79 Å². The highest BCUT2D eigenvalue weighted by Gasteiger charge is 2.12. The van der Waals surface area contributed by atoms with E-state index in [4.69, 9.17) is 0 Å². The topological polar surface area (TPSA) is 67.8 Å². The van der Waals surface area contributed by atoms with Crippen molar-refractivity contribution in [1.82, 2.24) is 15.0 Å². The highest BCUT2D eigenvalue weighted by molar-refractivity contribution is 7.20. The van der Waals surface area contributed by atoms with Crippen molar-refractivity contribution in [3.63, 3.8) is 0 Å². The van der Waals surface area contributed by atoms with Gasteiger partial charge in [-0.25, -0.2) is 15.0 Å². The van der Waals surface area contributed by atoms with Crippen LogP contribution in [0.2, 0.25) is 0 Å². The van der Waals surface area contributed by atoms with E-state index in [1.807, 2.05) is 24.3 Å². The highest BCUT2D eigenvalue weighted by atomic mass is 32.1. The summed E-state index contributed by atoms with van der Waals surface area (Å²) in [6, 6.07) is 9.27.